The van der Waals surface area contributed by atoms with E-state index in [1.807, 2.05) is 6.92 Å². The SMILES string of the molecule is C[C@@H]1C[C@H]1C(=O)Nc1ccc(S(=O)(=O)N2CCCC[C@H]2C)cc1. The molecule has 1 aliphatic carbocycles. The van der Waals surface area contributed by atoms with Gasteiger partial charge >= 0.3 is 0 Å². The molecular formula is C17H24N2O3S. The monoisotopic (exact) mass is 336 g/mol. The fourth-order valence-electron chi connectivity index (χ4n) is 3.20. The van der Waals surface area contributed by atoms with Crippen molar-refractivity contribution in [3.05, 3.63) is 24.3 Å². The highest BCUT2D eigenvalue weighted by Gasteiger charge is 2.39. The number of amides is 1. The van der Waals surface area contributed by atoms with Crippen LogP contribution in [0, 0.1) is 11.8 Å². The normalized spacial score (nSPS) is 28.3. The van der Waals surface area contributed by atoms with Crippen LogP contribution in [-0.4, -0.2) is 31.2 Å². The molecule has 0 spiro atoms. The first-order valence-electron chi connectivity index (χ1n) is 8.32. The maximum atomic E-state index is 12.7. The summed E-state index contributed by atoms with van der Waals surface area (Å²) < 4.78 is 27.1. The minimum Gasteiger partial charge on any atom is -0.326 e. The summed E-state index contributed by atoms with van der Waals surface area (Å²) in [5.74, 6) is 0.584. The summed E-state index contributed by atoms with van der Waals surface area (Å²) in [7, 11) is -3.45. The molecule has 1 heterocycles. The van der Waals surface area contributed by atoms with Crippen molar-refractivity contribution in [1.82, 2.24) is 4.31 Å². The number of anilines is 1. The highest BCUT2D eigenvalue weighted by molar-refractivity contribution is 7.89. The number of carbonyl (C=O) groups excluding carboxylic acids is 1. The van der Waals surface area contributed by atoms with Gasteiger partial charge in [0, 0.05) is 24.2 Å². The topological polar surface area (TPSA) is 66.5 Å². The van der Waals surface area contributed by atoms with Crippen LogP contribution in [0.15, 0.2) is 29.2 Å². The highest BCUT2D eigenvalue weighted by atomic mass is 32.2. The number of nitrogens with zero attached hydrogens (tertiary/aromatic N) is 1. The molecule has 6 heteroatoms. The lowest BCUT2D eigenvalue weighted by atomic mass is 10.1. The molecule has 1 aromatic carbocycles. The molecule has 3 rings (SSSR count). The molecule has 1 saturated carbocycles. The Morgan fingerprint density at radius 2 is 1.83 bits per heavy atom. The smallest absolute Gasteiger partial charge is 0.243 e. The van der Waals surface area contributed by atoms with E-state index < -0.39 is 10.0 Å². The minimum atomic E-state index is -3.45. The van der Waals surface area contributed by atoms with E-state index in [-0.39, 0.29) is 17.9 Å². The lowest BCUT2D eigenvalue weighted by Crippen LogP contribution is -2.41. The second-order valence-corrected chi connectivity index (χ2v) is 8.68. The lowest BCUT2D eigenvalue weighted by Gasteiger charge is -2.32. The molecule has 1 N–H and O–H groups in total. The molecule has 126 valence electrons. The van der Waals surface area contributed by atoms with Crippen molar-refractivity contribution >= 4 is 21.6 Å². The summed E-state index contributed by atoms with van der Waals surface area (Å²) in [5.41, 5.74) is 0.653. The van der Waals surface area contributed by atoms with Crippen molar-refractivity contribution in [2.24, 2.45) is 11.8 Å². The Labute approximate surface area is 138 Å². The Morgan fingerprint density at radius 1 is 1.17 bits per heavy atom. The first kappa shape index (κ1) is 16.5. The van der Waals surface area contributed by atoms with Crippen LogP contribution >= 0.6 is 0 Å². The average Bonchev–Trinajstić information content (AvgIpc) is 3.25. The Balaban J connectivity index is 1.72. The zero-order chi connectivity index (χ0) is 16.6. The third kappa shape index (κ3) is 3.43. The molecule has 1 aliphatic heterocycles. The number of hydrogen-bond donors (Lipinski definition) is 1. The lowest BCUT2D eigenvalue weighted by molar-refractivity contribution is -0.117. The van der Waals surface area contributed by atoms with E-state index in [4.69, 9.17) is 0 Å². The third-order valence-corrected chi connectivity index (χ3v) is 6.94. The van der Waals surface area contributed by atoms with Crippen LogP contribution in [0.5, 0.6) is 0 Å². The van der Waals surface area contributed by atoms with E-state index in [1.54, 1.807) is 28.6 Å². The Kier molecular flexibility index (Phi) is 4.47. The van der Waals surface area contributed by atoms with Crippen molar-refractivity contribution in [3.8, 4) is 0 Å². The molecule has 0 aromatic heterocycles. The first-order valence-corrected chi connectivity index (χ1v) is 9.76. The van der Waals surface area contributed by atoms with Gasteiger partial charge in [0.05, 0.1) is 4.90 Å². The van der Waals surface area contributed by atoms with Gasteiger partial charge < -0.3 is 5.32 Å². The van der Waals surface area contributed by atoms with Crippen molar-refractivity contribution in [1.29, 1.82) is 0 Å². The maximum Gasteiger partial charge on any atom is 0.243 e. The van der Waals surface area contributed by atoms with Crippen LogP contribution in [0.2, 0.25) is 0 Å². The summed E-state index contributed by atoms with van der Waals surface area (Å²) in [4.78, 5) is 12.2. The van der Waals surface area contributed by atoms with Crippen LogP contribution in [-0.2, 0) is 14.8 Å². The molecular weight excluding hydrogens is 312 g/mol. The summed E-state index contributed by atoms with van der Waals surface area (Å²) in [5, 5.41) is 2.85. The van der Waals surface area contributed by atoms with Gasteiger partial charge in [-0.05, 0) is 56.4 Å². The standard InChI is InChI=1S/C17H24N2O3S/c1-12-11-16(12)17(20)18-14-6-8-15(9-7-14)23(21,22)19-10-4-3-5-13(19)2/h6-9,12-13,16H,3-5,10-11H2,1-2H3,(H,18,20)/t12-,13-,16-/m1/s1. The molecule has 0 radical (unpaired) electrons. The van der Waals surface area contributed by atoms with Gasteiger partial charge in [-0.15, -0.1) is 0 Å². The zero-order valence-electron chi connectivity index (χ0n) is 13.7. The molecule has 1 aromatic rings. The fourth-order valence-corrected chi connectivity index (χ4v) is 4.90. The molecule has 1 amide bonds. The van der Waals surface area contributed by atoms with Crippen molar-refractivity contribution < 1.29 is 13.2 Å². The van der Waals surface area contributed by atoms with Gasteiger partial charge in [-0.2, -0.15) is 4.31 Å². The van der Waals surface area contributed by atoms with Crippen LogP contribution in [0.3, 0.4) is 0 Å². The molecule has 2 aliphatic rings. The van der Waals surface area contributed by atoms with Gasteiger partial charge in [-0.25, -0.2) is 8.42 Å². The molecule has 5 nitrogen and oxygen atoms in total. The highest BCUT2D eigenvalue weighted by Crippen LogP contribution is 2.38. The number of rotatable bonds is 4. The van der Waals surface area contributed by atoms with E-state index in [0.29, 0.717) is 23.0 Å². The van der Waals surface area contributed by atoms with Gasteiger partial charge in [-0.1, -0.05) is 13.3 Å². The number of nitrogens with one attached hydrogen (secondary N) is 1. The van der Waals surface area contributed by atoms with E-state index in [1.165, 1.54) is 0 Å². The predicted molar refractivity (Wildman–Crippen MR) is 89.5 cm³/mol. The Hall–Kier alpha value is -1.40. The number of piperidine rings is 1. The quantitative estimate of drug-likeness (QED) is 0.919. The van der Waals surface area contributed by atoms with Crippen molar-refractivity contribution in [2.45, 2.75) is 50.5 Å². The Bertz CT molecular complexity index is 684. The first-order chi connectivity index (χ1) is 10.9. The summed E-state index contributed by atoms with van der Waals surface area (Å²) in [6.07, 6.45) is 3.84. The van der Waals surface area contributed by atoms with Gasteiger partial charge in [0.25, 0.3) is 0 Å². The largest absolute Gasteiger partial charge is 0.326 e. The average molecular weight is 336 g/mol. The summed E-state index contributed by atoms with van der Waals surface area (Å²) in [6.45, 7) is 4.60. The molecule has 2 fully saturated rings. The maximum absolute atomic E-state index is 12.7. The molecule has 0 unspecified atom stereocenters. The Morgan fingerprint density at radius 3 is 2.39 bits per heavy atom. The number of sulfonamides is 1. The van der Waals surface area contributed by atoms with Crippen molar-refractivity contribution in [3.63, 3.8) is 0 Å². The van der Waals surface area contributed by atoms with E-state index in [0.717, 1.165) is 25.7 Å². The van der Waals surface area contributed by atoms with Gasteiger partial charge in [-0.3, -0.25) is 4.79 Å². The van der Waals surface area contributed by atoms with Crippen LogP contribution in [0.1, 0.15) is 39.5 Å². The fraction of sp³-hybridized carbons (Fsp3) is 0.588. The van der Waals surface area contributed by atoms with Gasteiger partial charge in [0.15, 0.2) is 0 Å². The second kappa shape index (κ2) is 6.24. The van der Waals surface area contributed by atoms with Gasteiger partial charge in [0.1, 0.15) is 0 Å². The number of carbonyl (C=O) groups is 1. The molecule has 0 bridgehead atoms. The zero-order valence-corrected chi connectivity index (χ0v) is 14.5. The van der Waals surface area contributed by atoms with Crippen molar-refractivity contribution in [2.75, 3.05) is 11.9 Å². The third-order valence-electron chi connectivity index (χ3n) is 4.92. The second-order valence-electron chi connectivity index (χ2n) is 6.79. The summed E-state index contributed by atoms with van der Waals surface area (Å²) >= 11 is 0. The van der Waals surface area contributed by atoms with Gasteiger partial charge in [0.2, 0.25) is 15.9 Å². The molecule has 3 atom stereocenters. The van der Waals surface area contributed by atoms with Crippen LogP contribution < -0.4 is 5.32 Å². The van der Waals surface area contributed by atoms with E-state index >= 15 is 0 Å². The molecule has 23 heavy (non-hydrogen) atoms. The van der Waals surface area contributed by atoms with E-state index in [2.05, 4.69) is 12.2 Å². The number of hydrogen-bond acceptors (Lipinski definition) is 3. The summed E-state index contributed by atoms with van der Waals surface area (Å²) in [6, 6.07) is 6.56. The minimum absolute atomic E-state index is 0.0257. The van der Waals surface area contributed by atoms with Crippen LogP contribution in [0.4, 0.5) is 5.69 Å². The molecule has 1 saturated heterocycles. The predicted octanol–water partition coefficient (Wildman–Crippen LogP) is 2.84. The van der Waals surface area contributed by atoms with Crippen LogP contribution in [0.25, 0.3) is 0 Å². The number of benzene rings is 1. The van der Waals surface area contributed by atoms with E-state index in [9.17, 15) is 13.2 Å².